The quantitative estimate of drug-likeness (QED) is 0.161. The highest BCUT2D eigenvalue weighted by molar-refractivity contribution is 9.10. The lowest BCUT2D eigenvalue weighted by molar-refractivity contribution is 0.262. The third-order valence-corrected chi connectivity index (χ3v) is 6.58. The molecule has 3 aromatic carbocycles. The van der Waals surface area contributed by atoms with Gasteiger partial charge >= 0.3 is 6.03 Å². The maximum Gasteiger partial charge on any atom is 0.323 e. The Bertz CT molecular complexity index is 1580. The van der Waals surface area contributed by atoms with Gasteiger partial charge < -0.3 is 25.1 Å². The van der Waals surface area contributed by atoms with E-state index in [4.69, 9.17) is 9.15 Å². The number of amides is 2. The molecule has 9 heteroatoms. The van der Waals surface area contributed by atoms with E-state index < -0.39 is 0 Å². The first-order valence-corrected chi connectivity index (χ1v) is 14.3. The molecule has 41 heavy (non-hydrogen) atoms. The van der Waals surface area contributed by atoms with Crippen molar-refractivity contribution in [3.8, 4) is 28.2 Å². The van der Waals surface area contributed by atoms with Crippen LogP contribution in [0.4, 0.5) is 22.0 Å². The van der Waals surface area contributed by atoms with Gasteiger partial charge in [0.1, 0.15) is 23.7 Å². The molecule has 0 saturated heterocycles. The molecule has 0 aliphatic carbocycles. The summed E-state index contributed by atoms with van der Waals surface area (Å²) in [6.45, 7) is 9.06. The number of rotatable bonds is 8. The number of ether oxygens (including phenoxy) is 1. The molecule has 212 valence electrons. The van der Waals surface area contributed by atoms with Gasteiger partial charge in [0.05, 0.1) is 12.5 Å². The summed E-state index contributed by atoms with van der Waals surface area (Å²) in [5.74, 6) is 2.57. The Labute approximate surface area is 248 Å². The Morgan fingerprint density at radius 2 is 1.46 bits per heavy atom. The monoisotopic (exact) mass is 615 g/mol. The van der Waals surface area contributed by atoms with Gasteiger partial charge in [-0.15, -0.1) is 0 Å². The lowest BCUT2D eigenvalue weighted by Crippen LogP contribution is -2.19. The van der Waals surface area contributed by atoms with E-state index >= 15 is 0 Å². The molecule has 0 atom stereocenters. The standard InChI is InChI=1S/C30H28BrN5O3.C2H6/c1-18(2)16-32-28-26-25(19-4-8-21(31)9-5-19)27(39-29(26)34-17-33-28)20-6-10-22(11-7-20)35-30(37)36-23-12-14-24(38-3)15-13-23;1-2/h4-15,17-18H,16H2,1-3H3,(H,32,33,34)(H2,35,36,37);1-2H3. The number of hydrogen-bond donors (Lipinski definition) is 3. The number of fused-ring (bicyclic) bond motifs is 1. The van der Waals surface area contributed by atoms with E-state index in [-0.39, 0.29) is 6.03 Å². The van der Waals surface area contributed by atoms with Gasteiger partial charge in [0, 0.05) is 33.5 Å². The van der Waals surface area contributed by atoms with E-state index in [9.17, 15) is 4.79 Å². The molecule has 0 aliphatic rings. The van der Waals surface area contributed by atoms with Crippen molar-refractivity contribution in [1.29, 1.82) is 0 Å². The molecule has 2 heterocycles. The second-order valence-corrected chi connectivity index (χ2v) is 10.3. The fraction of sp³-hybridized carbons (Fsp3) is 0.219. The molecule has 2 amide bonds. The fourth-order valence-electron chi connectivity index (χ4n) is 4.14. The van der Waals surface area contributed by atoms with Crippen molar-refractivity contribution in [1.82, 2.24) is 9.97 Å². The van der Waals surface area contributed by atoms with Crippen LogP contribution < -0.4 is 20.7 Å². The Morgan fingerprint density at radius 3 is 2.05 bits per heavy atom. The zero-order valence-electron chi connectivity index (χ0n) is 23.8. The fourth-order valence-corrected chi connectivity index (χ4v) is 4.40. The average molecular weight is 617 g/mol. The first-order valence-electron chi connectivity index (χ1n) is 13.5. The third-order valence-electron chi connectivity index (χ3n) is 6.05. The van der Waals surface area contributed by atoms with Crippen LogP contribution in [0.1, 0.15) is 27.7 Å². The third kappa shape index (κ3) is 7.24. The second kappa shape index (κ2) is 13.8. The minimum atomic E-state index is -0.344. The van der Waals surface area contributed by atoms with Gasteiger partial charge in [-0.2, -0.15) is 0 Å². The molecule has 5 aromatic rings. The van der Waals surface area contributed by atoms with Crippen LogP contribution in [0.25, 0.3) is 33.6 Å². The van der Waals surface area contributed by atoms with Crippen LogP contribution in [0.2, 0.25) is 0 Å². The minimum Gasteiger partial charge on any atom is -0.497 e. The Balaban J connectivity index is 0.00000189. The van der Waals surface area contributed by atoms with E-state index in [1.165, 1.54) is 6.33 Å². The highest BCUT2D eigenvalue weighted by atomic mass is 79.9. The molecule has 0 saturated carbocycles. The molecular formula is C32H34BrN5O3. The number of nitrogens with one attached hydrogen (secondary N) is 3. The first-order chi connectivity index (χ1) is 19.9. The minimum absolute atomic E-state index is 0.344. The summed E-state index contributed by atoms with van der Waals surface area (Å²) >= 11 is 3.53. The van der Waals surface area contributed by atoms with Crippen LogP contribution in [-0.4, -0.2) is 29.7 Å². The Hall–Kier alpha value is -4.37. The number of nitrogens with zero attached hydrogens (tertiary/aromatic N) is 2. The number of furan rings is 1. The molecule has 3 N–H and O–H groups in total. The molecule has 5 rings (SSSR count). The van der Waals surface area contributed by atoms with E-state index in [0.29, 0.717) is 28.8 Å². The second-order valence-electron chi connectivity index (χ2n) is 9.38. The first kappa shape index (κ1) is 29.6. The van der Waals surface area contributed by atoms with E-state index in [1.807, 2.05) is 62.4 Å². The lowest BCUT2D eigenvalue weighted by Gasteiger charge is -2.11. The van der Waals surface area contributed by atoms with Gasteiger partial charge in [0.25, 0.3) is 0 Å². The number of halogens is 1. The number of anilines is 3. The van der Waals surface area contributed by atoms with Crippen molar-refractivity contribution in [2.75, 3.05) is 29.6 Å². The molecule has 0 fully saturated rings. The van der Waals surface area contributed by atoms with Gasteiger partial charge in [-0.25, -0.2) is 14.8 Å². The summed E-state index contributed by atoms with van der Waals surface area (Å²) in [7, 11) is 1.60. The molecule has 0 bridgehead atoms. The summed E-state index contributed by atoms with van der Waals surface area (Å²) in [5, 5.41) is 9.96. The van der Waals surface area contributed by atoms with Crippen molar-refractivity contribution >= 4 is 50.3 Å². The number of methoxy groups -OCH3 is 1. The number of urea groups is 1. The van der Waals surface area contributed by atoms with Crippen molar-refractivity contribution in [3.05, 3.63) is 83.6 Å². The molecule has 0 aliphatic heterocycles. The highest BCUT2D eigenvalue weighted by Crippen LogP contribution is 2.43. The number of carbonyl (C=O) groups excluding carboxylic acids is 1. The molecule has 2 aromatic heterocycles. The summed E-state index contributed by atoms with van der Waals surface area (Å²) in [6, 6.07) is 22.4. The molecule has 8 nitrogen and oxygen atoms in total. The van der Waals surface area contributed by atoms with Crippen molar-refractivity contribution in [2.24, 2.45) is 5.92 Å². The highest BCUT2D eigenvalue weighted by Gasteiger charge is 2.22. The molecular weight excluding hydrogens is 582 g/mol. The Kier molecular flexibility index (Phi) is 9.97. The van der Waals surface area contributed by atoms with Crippen molar-refractivity contribution < 1.29 is 13.9 Å². The van der Waals surface area contributed by atoms with Gasteiger partial charge in [0.2, 0.25) is 5.71 Å². The summed E-state index contributed by atoms with van der Waals surface area (Å²) in [5.41, 5.74) is 4.55. The maximum atomic E-state index is 12.5. The number of hydrogen-bond acceptors (Lipinski definition) is 6. The number of carbonyl (C=O) groups is 1. The SMILES string of the molecule is CC.COc1ccc(NC(=O)Nc2ccc(-c3oc4ncnc(NCC(C)C)c4c3-c3ccc(Br)cc3)cc2)cc1. The van der Waals surface area contributed by atoms with Gasteiger partial charge in [-0.1, -0.05) is 55.8 Å². The van der Waals surface area contributed by atoms with E-state index in [0.717, 1.165) is 44.7 Å². The van der Waals surface area contributed by atoms with Gasteiger partial charge in [0.15, 0.2) is 0 Å². The van der Waals surface area contributed by atoms with Crippen molar-refractivity contribution in [3.63, 3.8) is 0 Å². The van der Waals surface area contributed by atoms with Crippen LogP contribution in [0.5, 0.6) is 5.75 Å². The van der Waals surface area contributed by atoms with E-state index in [2.05, 4.69) is 55.7 Å². The van der Waals surface area contributed by atoms with Crippen LogP contribution in [0.3, 0.4) is 0 Å². The topological polar surface area (TPSA) is 101 Å². The molecule has 0 radical (unpaired) electrons. The van der Waals surface area contributed by atoms with Gasteiger partial charge in [-0.3, -0.25) is 0 Å². The van der Waals surface area contributed by atoms with Gasteiger partial charge in [-0.05, 0) is 72.1 Å². The summed E-state index contributed by atoms with van der Waals surface area (Å²) in [6.07, 6.45) is 1.51. The van der Waals surface area contributed by atoms with Crippen LogP contribution >= 0.6 is 15.9 Å². The predicted molar refractivity (Wildman–Crippen MR) is 171 cm³/mol. The lowest BCUT2D eigenvalue weighted by atomic mass is 9.99. The molecule has 0 unspecified atom stereocenters. The smallest absolute Gasteiger partial charge is 0.323 e. The summed E-state index contributed by atoms with van der Waals surface area (Å²) < 4.78 is 12.5. The zero-order valence-corrected chi connectivity index (χ0v) is 25.4. The largest absolute Gasteiger partial charge is 0.497 e. The maximum absolute atomic E-state index is 12.5. The normalized spacial score (nSPS) is 10.6. The van der Waals surface area contributed by atoms with Crippen LogP contribution in [-0.2, 0) is 0 Å². The predicted octanol–water partition coefficient (Wildman–Crippen LogP) is 9.07. The Morgan fingerprint density at radius 1 is 0.878 bits per heavy atom. The van der Waals surface area contributed by atoms with Crippen molar-refractivity contribution in [2.45, 2.75) is 27.7 Å². The zero-order chi connectivity index (χ0) is 29.4. The number of aromatic nitrogens is 2. The number of benzene rings is 3. The molecule has 0 spiro atoms. The summed E-state index contributed by atoms with van der Waals surface area (Å²) in [4.78, 5) is 21.5. The van der Waals surface area contributed by atoms with Crippen LogP contribution in [0, 0.1) is 5.92 Å². The average Bonchev–Trinajstić information content (AvgIpc) is 3.38. The van der Waals surface area contributed by atoms with E-state index in [1.54, 1.807) is 31.4 Å². The van der Waals surface area contributed by atoms with Crippen LogP contribution in [0.15, 0.2) is 88.0 Å².